The predicted molar refractivity (Wildman–Crippen MR) is 135 cm³/mol. The Morgan fingerprint density at radius 3 is 2.73 bits per heavy atom. The first-order valence-corrected chi connectivity index (χ1v) is 12.5. The number of nitrogens with one attached hydrogen (secondary N) is 1. The van der Waals surface area contributed by atoms with Crippen LogP contribution in [0.25, 0.3) is 17.1 Å². The number of halogens is 1. The molecule has 9 heteroatoms. The summed E-state index contributed by atoms with van der Waals surface area (Å²) in [5.74, 6) is 1.35. The Bertz CT molecular complexity index is 1210. The monoisotopic (exact) mass is 498 g/mol. The number of aromatic nitrogens is 3. The Kier molecular flexibility index (Phi) is 7.69. The van der Waals surface area contributed by atoms with Crippen LogP contribution in [-0.2, 0) is 11.2 Å². The Balaban J connectivity index is 1.57. The lowest BCUT2D eigenvalue weighted by molar-refractivity contribution is -0.120. The highest BCUT2D eigenvalue weighted by atomic mass is 35.5. The van der Waals surface area contributed by atoms with E-state index >= 15 is 0 Å². The standard InChI is InChI=1S/C24H23ClN4O2S2/c1-16(23(30)26-13-12-21-7-4-14-32-21)33-24-28-27-22(17-5-3-6-20(15-17)31-2)29(24)19-10-8-18(25)9-11-19/h3-11,14-16H,12-13H2,1-2H3,(H,26,30). The molecule has 4 rings (SSSR count). The maximum absolute atomic E-state index is 12.7. The lowest BCUT2D eigenvalue weighted by Crippen LogP contribution is -2.32. The fourth-order valence-corrected chi connectivity index (χ4v) is 4.96. The molecule has 170 valence electrons. The minimum absolute atomic E-state index is 0.0369. The second-order valence-corrected chi connectivity index (χ2v) is 10.0. The summed E-state index contributed by atoms with van der Waals surface area (Å²) in [6.45, 7) is 2.47. The number of thioether (sulfide) groups is 1. The van der Waals surface area contributed by atoms with Gasteiger partial charge < -0.3 is 10.1 Å². The van der Waals surface area contributed by atoms with Gasteiger partial charge in [-0.1, -0.05) is 41.6 Å². The molecular formula is C24H23ClN4O2S2. The summed E-state index contributed by atoms with van der Waals surface area (Å²) in [7, 11) is 1.63. The van der Waals surface area contributed by atoms with Crippen LogP contribution in [0, 0.1) is 0 Å². The van der Waals surface area contributed by atoms with Crippen LogP contribution in [-0.4, -0.2) is 39.6 Å². The van der Waals surface area contributed by atoms with Gasteiger partial charge in [0.2, 0.25) is 5.91 Å². The van der Waals surface area contributed by atoms with Gasteiger partial charge in [-0.2, -0.15) is 0 Å². The van der Waals surface area contributed by atoms with Gasteiger partial charge in [0.05, 0.1) is 12.4 Å². The Hall–Kier alpha value is -2.81. The Morgan fingerprint density at radius 2 is 2.00 bits per heavy atom. The zero-order valence-electron chi connectivity index (χ0n) is 18.2. The first-order valence-electron chi connectivity index (χ1n) is 10.4. The molecule has 0 bridgehead atoms. The first kappa shape index (κ1) is 23.4. The van der Waals surface area contributed by atoms with Crippen molar-refractivity contribution in [2.75, 3.05) is 13.7 Å². The van der Waals surface area contributed by atoms with Gasteiger partial charge in [-0.25, -0.2) is 0 Å². The van der Waals surface area contributed by atoms with Crippen LogP contribution >= 0.6 is 34.7 Å². The topological polar surface area (TPSA) is 69.0 Å². The predicted octanol–water partition coefficient (Wildman–Crippen LogP) is 5.50. The smallest absolute Gasteiger partial charge is 0.233 e. The van der Waals surface area contributed by atoms with Crippen LogP contribution in [0.1, 0.15) is 11.8 Å². The summed E-state index contributed by atoms with van der Waals surface area (Å²) in [5.41, 5.74) is 1.71. The van der Waals surface area contributed by atoms with Gasteiger partial charge >= 0.3 is 0 Å². The van der Waals surface area contributed by atoms with E-state index < -0.39 is 0 Å². The maximum atomic E-state index is 12.7. The molecule has 2 heterocycles. The van der Waals surface area contributed by atoms with E-state index in [1.54, 1.807) is 18.4 Å². The molecule has 2 aromatic heterocycles. The largest absolute Gasteiger partial charge is 0.497 e. The Labute approximate surface area is 206 Å². The lowest BCUT2D eigenvalue weighted by Gasteiger charge is -2.14. The molecule has 0 saturated heterocycles. The molecular weight excluding hydrogens is 476 g/mol. The van der Waals surface area contributed by atoms with E-state index in [1.807, 2.05) is 71.5 Å². The highest BCUT2D eigenvalue weighted by Gasteiger charge is 2.22. The van der Waals surface area contributed by atoms with Crippen molar-refractivity contribution < 1.29 is 9.53 Å². The van der Waals surface area contributed by atoms with Gasteiger partial charge in [-0.15, -0.1) is 21.5 Å². The number of methoxy groups -OCH3 is 1. The van der Waals surface area contributed by atoms with Crippen molar-refractivity contribution in [2.24, 2.45) is 0 Å². The summed E-state index contributed by atoms with van der Waals surface area (Å²) in [5, 5.41) is 14.8. The van der Waals surface area contributed by atoms with E-state index in [4.69, 9.17) is 16.3 Å². The molecule has 1 N–H and O–H groups in total. The number of thiophene rings is 1. The molecule has 2 aromatic carbocycles. The SMILES string of the molecule is COc1cccc(-c2nnc(SC(C)C(=O)NCCc3cccs3)n2-c2ccc(Cl)cc2)c1. The molecule has 6 nitrogen and oxygen atoms in total. The third-order valence-electron chi connectivity index (χ3n) is 4.95. The summed E-state index contributed by atoms with van der Waals surface area (Å²) in [4.78, 5) is 14.0. The average Bonchev–Trinajstić information content (AvgIpc) is 3.50. The van der Waals surface area contributed by atoms with E-state index in [1.165, 1.54) is 16.6 Å². The van der Waals surface area contributed by atoms with Crippen molar-refractivity contribution in [1.29, 1.82) is 0 Å². The van der Waals surface area contributed by atoms with Crippen molar-refractivity contribution in [2.45, 2.75) is 23.8 Å². The van der Waals surface area contributed by atoms with Gasteiger partial charge in [0.25, 0.3) is 0 Å². The van der Waals surface area contributed by atoms with Gasteiger partial charge in [0.1, 0.15) is 5.75 Å². The quantitative estimate of drug-likeness (QED) is 0.309. The van der Waals surface area contributed by atoms with Gasteiger partial charge in [-0.05, 0) is 61.2 Å². The van der Waals surface area contributed by atoms with E-state index in [-0.39, 0.29) is 11.2 Å². The summed E-state index contributed by atoms with van der Waals surface area (Å²) >= 11 is 9.17. The minimum Gasteiger partial charge on any atom is -0.497 e. The van der Waals surface area contributed by atoms with Crippen molar-refractivity contribution in [3.63, 3.8) is 0 Å². The normalized spacial score (nSPS) is 11.8. The molecule has 33 heavy (non-hydrogen) atoms. The van der Waals surface area contributed by atoms with Crippen molar-refractivity contribution in [3.8, 4) is 22.8 Å². The zero-order chi connectivity index (χ0) is 23.2. The average molecular weight is 499 g/mol. The van der Waals surface area contributed by atoms with Crippen molar-refractivity contribution >= 4 is 40.6 Å². The number of ether oxygens (including phenoxy) is 1. The van der Waals surface area contributed by atoms with Crippen molar-refractivity contribution in [3.05, 3.63) is 75.9 Å². The van der Waals surface area contributed by atoms with Gasteiger partial charge in [0.15, 0.2) is 11.0 Å². The molecule has 0 spiro atoms. The Morgan fingerprint density at radius 1 is 1.18 bits per heavy atom. The number of hydrogen-bond acceptors (Lipinski definition) is 6. The number of nitrogens with zero attached hydrogens (tertiary/aromatic N) is 3. The molecule has 4 aromatic rings. The summed E-state index contributed by atoms with van der Waals surface area (Å²) in [6.07, 6.45) is 0.821. The number of carbonyl (C=O) groups excluding carboxylic acids is 1. The second kappa shape index (κ2) is 10.9. The van der Waals surface area contributed by atoms with Crippen LogP contribution in [0.2, 0.25) is 5.02 Å². The molecule has 0 aliphatic heterocycles. The summed E-state index contributed by atoms with van der Waals surface area (Å²) in [6, 6.07) is 19.2. The molecule has 1 atom stereocenters. The fraction of sp³-hybridized carbons (Fsp3) is 0.208. The van der Waals surface area contributed by atoms with E-state index in [0.717, 1.165) is 23.4 Å². The van der Waals surface area contributed by atoms with Crippen LogP contribution in [0.4, 0.5) is 0 Å². The van der Waals surface area contributed by atoms with E-state index in [9.17, 15) is 4.79 Å². The molecule has 1 unspecified atom stereocenters. The molecule has 0 aliphatic rings. The number of rotatable bonds is 9. The van der Waals surface area contributed by atoms with E-state index in [0.29, 0.717) is 22.5 Å². The minimum atomic E-state index is -0.346. The number of carbonyl (C=O) groups is 1. The zero-order valence-corrected chi connectivity index (χ0v) is 20.6. The molecule has 0 saturated carbocycles. The molecule has 0 radical (unpaired) electrons. The molecule has 1 amide bonds. The molecule has 0 fully saturated rings. The third kappa shape index (κ3) is 5.76. The van der Waals surface area contributed by atoms with Gasteiger partial charge in [-0.3, -0.25) is 9.36 Å². The lowest BCUT2D eigenvalue weighted by atomic mass is 10.2. The van der Waals surface area contributed by atoms with E-state index in [2.05, 4.69) is 21.6 Å². The first-order chi connectivity index (χ1) is 16.0. The summed E-state index contributed by atoms with van der Waals surface area (Å²) < 4.78 is 7.31. The van der Waals surface area contributed by atoms with Crippen LogP contribution < -0.4 is 10.1 Å². The third-order valence-corrected chi connectivity index (χ3v) is 7.18. The van der Waals surface area contributed by atoms with Gasteiger partial charge in [0, 0.05) is 27.7 Å². The fourth-order valence-electron chi connectivity index (χ4n) is 3.24. The van der Waals surface area contributed by atoms with Crippen LogP contribution in [0.15, 0.2) is 71.2 Å². The highest BCUT2D eigenvalue weighted by molar-refractivity contribution is 8.00. The number of hydrogen-bond donors (Lipinski definition) is 1. The van der Waals surface area contributed by atoms with Crippen LogP contribution in [0.5, 0.6) is 5.75 Å². The molecule has 0 aliphatic carbocycles. The highest BCUT2D eigenvalue weighted by Crippen LogP contribution is 2.32. The van der Waals surface area contributed by atoms with Crippen molar-refractivity contribution in [1.82, 2.24) is 20.1 Å². The maximum Gasteiger partial charge on any atom is 0.233 e. The number of benzene rings is 2. The van der Waals surface area contributed by atoms with Crippen LogP contribution in [0.3, 0.4) is 0 Å². The second-order valence-electron chi connectivity index (χ2n) is 7.23. The number of amides is 1.